The number of rotatable bonds is 3. The molecule has 1 aromatic heterocycles. The lowest BCUT2D eigenvalue weighted by Gasteiger charge is -2.27. The van der Waals surface area contributed by atoms with Crippen LogP contribution in [0.2, 0.25) is 5.02 Å². The molecule has 104 valence electrons. The van der Waals surface area contributed by atoms with E-state index in [2.05, 4.69) is 39.0 Å². The summed E-state index contributed by atoms with van der Waals surface area (Å²) in [5, 5.41) is 12.8. The molecule has 3 N–H and O–H groups in total. The van der Waals surface area contributed by atoms with Crippen LogP contribution in [0.3, 0.4) is 0 Å². The van der Waals surface area contributed by atoms with Gasteiger partial charge in [0.1, 0.15) is 5.02 Å². The minimum absolute atomic E-state index is 0.143. The predicted octanol–water partition coefficient (Wildman–Crippen LogP) is 1.72. The first kappa shape index (κ1) is 13.1. The SMILES string of the molecule is O=c1[nH]ncc(NCC2NCCc3ccccc32)c1Cl. The standard InChI is InChI=1S/C14H15ClN4O/c15-13-12(8-18-19-14(13)20)17-7-11-10-4-2-1-3-9(10)5-6-16-11/h1-4,8,11,16H,5-7H2,(H2,17,19,20). The molecule has 1 aromatic carbocycles. The van der Waals surface area contributed by atoms with Gasteiger partial charge in [-0.25, -0.2) is 5.10 Å². The highest BCUT2D eigenvalue weighted by Gasteiger charge is 2.19. The number of hydrogen-bond acceptors (Lipinski definition) is 4. The molecule has 1 aliphatic heterocycles. The molecule has 0 aliphatic carbocycles. The van der Waals surface area contributed by atoms with Crippen molar-refractivity contribution in [1.82, 2.24) is 15.5 Å². The second-order valence-corrected chi connectivity index (χ2v) is 5.14. The molecule has 0 bridgehead atoms. The van der Waals surface area contributed by atoms with E-state index in [1.54, 1.807) is 0 Å². The van der Waals surface area contributed by atoms with Crippen LogP contribution in [0, 0.1) is 0 Å². The zero-order chi connectivity index (χ0) is 13.9. The molecular formula is C14H15ClN4O. The average Bonchev–Trinajstić information content (AvgIpc) is 2.49. The van der Waals surface area contributed by atoms with Crippen molar-refractivity contribution in [1.29, 1.82) is 0 Å². The smallest absolute Gasteiger partial charge is 0.285 e. The van der Waals surface area contributed by atoms with E-state index in [-0.39, 0.29) is 16.6 Å². The van der Waals surface area contributed by atoms with Crippen LogP contribution in [-0.4, -0.2) is 23.3 Å². The molecule has 1 unspecified atom stereocenters. The number of nitrogens with zero attached hydrogens (tertiary/aromatic N) is 1. The van der Waals surface area contributed by atoms with Crippen molar-refractivity contribution in [3.05, 3.63) is 57.0 Å². The Labute approximate surface area is 121 Å². The molecule has 20 heavy (non-hydrogen) atoms. The molecule has 0 fully saturated rings. The molecule has 3 rings (SSSR count). The van der Waals surface area contributed by atoms with Crippen molar-refractivity contribution in [3.63, 3.8) is 0 Å². The lowest BCUT2D eigenvalue weighted by molar-refractivity contribution is 0.523. The number of nitrogens with one attached hydrogen (secondary N) is 3. The molecule has 5 nitrogen and oxygen atoms in total. The first-order valence-electron chi connectivity index (χ1n) is 6.54. The first-order chi connectivity index (χ1) is 9.75. The van der Waals surface area contributed by atoms with Crippen LogP contribution in [-0.2, 0) is 6.42 Å². The molecule has 0 spiro atoms. The summed E-state index contributed by atoms with van der Waals surface area (Å²) in [7, 11) is 0. The topological polar surface area (TPSA) is 69.8 Å². The molecule has 0 amide bonds. The van der Waals surface area contributed by atoms with E-state index >= 15 is 0 Å². The van der Waals surface area contributed by atoms with E-state index in [0.717, 1.165) is 13.0 Å². The summed E-state index contributed by atoms with van der Waals surface area (Å²) in [6, 6.07) is 8.60. The van der Waals surface area contributed by atoms with Crippen LogP contribution in [0.5, 0.6) is 0 Å². The number of aromatic amines is 1. The third kappa shape index (κ3) is 2.55. The van der Waals surface area contributed by atoms with Crippen LogP contribution in [0.1, 0.15) is 17.2 Å². The summed E-state index contributed by atoms with van der Waals surface area (Å²) in [6.45, 7) is 1.60. The molecule has 2 heterocycles. The zero-order valence-corrected chi connectivity index (χ0v) is 11.6. The number of H-pyrrole nitrogens is 1. The number of fused-ring (bicyclic) bond motifs is 1. The molecule has 0 saturated carbocycles. The van der Waals surface area contributed by atoms with Crippen LogP contribution in [0.4, 0.5) is 5.69 Å². The monoisotopic (exact) mass is 290 g/mol. The average molecular weight is 291 g/mol. The lowest BCUT2D eigenvalue weighted by Crippen LogP contribution is -2.34. The van der Waals surface area contributed by atoms with Crippen molar-refractivity contribution < 1.29 is 0 Å². The van der Waals surface area contributed by atoms with Crippen molar-refractivity contribution in [2.45, 2.75) is 12.5 Å². The molecular weight excluding hydrogens is 276 g/mol. The largest absolute Gasteiger partial charge is 0.380 e. The summed E-state index contributed by atoms with van der Waals surface area (Å²) in [4.78, 5) is 11.4. The Hall–Kier alpha value is -1.85. The second-order valence-electron chi connectivity index (χ2n) is 4.76. The Morgan fingerprint density at radius 2 is 2.25 bits per heavy atom. The molecule has 0 radical (unpaired) electrons. The maximum Gasteiger partial charge on any atom is 0.285 e. The van der Waals surface area contributed by atoms with Crippen LogP contribution in [0.25, 0.3) is 0 Å². The van der Waals surface area contributed by atoms with E-state index < -0.39 is 0 Å². The van der Waals surface area contributed by atoms with Gasteiger partial charge in [0.2, 0.25) is 0 Å². The fraction of sp³-hybridized carbons (Fsp3) is 0.286. The van der Waals surface area contributed by atoms with Gasteiger partial charge in [-0.1, -0.05) is 35.9 Å². The number of benzene rings is 1. The minimum atomic E-state index is -0.381. The predicted molar refractivity (Wildman–Crippen MR) is 79.2 cm³/mol. The molecule has 2 aromatic rings. The maximum atomic E-state index is 11.4. The fourth-order valence-electron chi connectivity index (χ4n) is 2.49. The van der Waals surface area contributed by atoms with E-state index in [1.165, 1.54) is 17.3 Å². The maximum absolute atomic E-state index is 11.4. The number of aromatic nitrogens is 2. The van der Waals surface area contributed by atoms with Gasteiger partial charge in [0.15, 0.2) is 0 Å². The third-order valence-corrected chi connectivity index (χ3v) is 3.88. The Bertz CT molecular complexity index is 670. The van der Waals surface area contributed by atoms with Gasteiger partial charge in [0.25, 0.3) is 5.56 Å². The Morgan fingerprint density at radius 1 is 1.40 bits per heavy atom. The van der Waals surface area contributed by atoms with E-state index in [9.17, 15) is 4.79 Å². The van der Waals surface area contributed by atoms with Gasteiger partial charge in [-0.3, -0.25) is 4.79 Å². The number of halogens is 1. The summed E-state index contributed by atoms with van der Waals surface area (Å²) in [6.07, 6.45) is 2.57. The summed E-state index contributed by atoms with van der Waals surface area (Å²) in [5.74, 6) is 0. The lowest BCUT2D eigenvalue weighted by atomic mass is 9.94. The number of anilines is 1. The zero-order valence-electron chi connectivity index (χ0n) is 10.8. The summed E-state index contributed by atoms with van der Waals surface area (Å²) >= 11 is 5.94. The van der Waals surface area contributed by atoms with Crippen LogP contribution >= 0.6 is 11.6 Å². The second kappa shape index (κ2) is 5.64. The molecule has 1 aliphatic rings. The summed E-state index contributed by atoms with van der Waals surface area (Å²) in [5.41, 5.74) is 2.84. The Morgan fingerprint density at radius 3 is 3.15 bits per heavy atom. The fourth-order valence-corrected chi connectivity index (χ4v) is 2.65. The van der Waals surface area contributed by atoms with Crippen molar-refractivity contribution in [2.75, 3.05) is 18.4 Å². The van der Waals surface area contributed by atoms with Gasteiger partial charge in [-0.2, -0.15) is 5.10 Å². The highest BCUT2D eigenvalue weighted by molar-refractivity contribution is 6.32. The van der Waals surface area contributed by atoms with E-state index in [4.69, 9.17) is 11.6 Å². The highest BCUT2D eigenvalue weighted by atomic mass is 35.5. The molecule has 1 atom stereocenters. The number of hydrogen-bond donors (Lipinski definition) is 3. The normalized spacial score (nSPS) is 17.6. The first-order valence-corrected chi connectivity index (χ1v) is 6.92. The van der Waals surface area contributed by atoms with Crippen LogP contribution in [0.15, 0.2) is 35.3 Å². The Balaban J connectivity index is 1.77. The van der Waals surface area contributed by atoms with E-state index in [0.29, 0.717) is 12.2 Å². The van der Waals surface area contributed by atoms with Gasteiger partial charge < -0.3 is 10.6 Å². The quantitative estimate of drug-likeness (QED) is 0.805. The molecule has 6 heteroatoms. The molecule has 0 saturated heterocycles. The third-order valence-electron chi connectivity index (χ3n) is 3.51. The Kier molecular flexibility index (Phi) is 3.71. The van der Waals surface area contributed by atoms with E-state index in [1.807, 2.05) is 6.07 Å². The van der Waals surface area contributed by atoms with Gasteiger partial charge in [-0.05, 0) is 24.1 Å². The highest BCUT2D eigenvalue weighted by Crippen LogP contribution is 2.23. The van der Waals surface area contributed by atoms with Gasteiger partial charge in [0, 0.05) is 12.6 Å². The van der Waals surface area contributed by atoms with Crippen molar-refractivity contribution in [3.8, 4) is 0 Å². The van der Waals surface area contributed by atoms with Crippen LogP contribution < -0.4 is 16.2 Å². The van der Waals surface area contributed by atoms with Crippen molar-refractivity contribution >= 4 is 17.3 Å². The van der Waals surface area contributed by atoms with Gasteiger partial charge in [0.05, 0.1) is 11.9 Å². The van der Waals surface area contributed by atoms with Crippen molar-refractivity contribution in [2.24, 2.45) is 0 Å². The van der Waals surface area contributed by atoms with Gasteiger partial charge in [-0.15, -0.1) is 0 Å². The minimum Gasteiger partial charge on any atom is -0.380 e. The van der Waals surface area contributed by atoms with Gasteiger partial charge >= 0.3 is 0 Å². The summed E-state index contributed by atoms with van der Waals surface area (Å²) < 4.78 is 0.